The molecule has 1 nitrogen and oxygen atoms in total. The van der Waals surface area contributed by atoms with Crippen molar-refractivity contribution < 1.29 is 4.74 Å². The third-order valence-electron chi connectivity index (χ3n) is 2.39. The molecule has 0 spiro atoms. The van der Waals surface area contributed by atoms with Crippen LogP contribution in [0.25, 0.3) is 0 Å². The highest BCUT2D eigenvalue weighted by Crippen LogP contribution is 2.25. The molecule has 0 bridgehead atoms. The predicted octanol–water partition coefficient (Wildman–Crippen LogP) is 3.99. The molecule has 1 heterocycles. The highest BCUT2D eigenvalue weighted by Gasteiger charge is 2.09. The Kier molecular flexibility index (Phi) is 5.23. The maximum Gasteiger partial charge on any atom is 0.122 e. The molecule has 0 fully saturated rings. The molecule has 1 aliphatic rings. The minimum Gasteiger partial charge on any atom is -0.493 e. The van der Waals surface area contributed by atoms with Gasteiger partial charge in [-0.15, -0.1) is 0 Å². The minimum absolute atomic E-state index is 0.889. The first-order valence-electron chi connectivity index (χ1n) is 6.06. The van der Waals surface area contributed by atoms with Crippen molar-refractivity contribution in [3.8, 4) is 5.75 Å². The first-order valence-corrected chi connectivity index (χ1v) is 6.06. The SMILES string of the molecule is CCC.CCc1ccc2c(c1)OCCC2. The largest absolute Gasteiger partial charge is 0.493 e. The molecule has 0 unspecified atom stereocenters. The molecule has 0 N–H and O–H groups in total. The molecule has 15 heavy (non-hydrogen) atoms. The minimum atomic E-state index is 0.889. The summed E-state index contributed by atoms with van der Waals surface area (Å²) in [6, 6.07) is 6.58. The fourth-order valence-corrected chi connectivity index (χ4v) is 1.60. The Labute approximate surface area is 93.5 Å². The van der Waals surface area contributed by atoms with Gasteiger partial charge in [0.2, 0.25) is 0 Å². The van der Waals surface area contributed by atoms with Gasteiger partial charge in [0.05, 0.1) is 6.61 Å². The molecule has 0 aliphatic carbocycles. The van der Waals surface area contributed by atoms with Crippen molar-refractivity contribution in [1.82, 2.24) is 0 Å². The summed E-state index contributed by atoms with van der Waals surface area (Å²) in [5.74, 6) is 1.11. The second kappa shape index (κ2) is 6.49. The van der Waals surface area contributed by atoms with E-state index in [2.05, 4.69) is 39.0 Å². The lowest BCUT2D eigenvalue weighted by Crippen LogP contribution is -2.08. The van der Waals surface area contributed by atoms with Crippen molar-refractivity contribution in [2.24, 2.45) is 0 Å². The van der Waals surface area contributed by atoms with Crippen LogP contribution in [-0.4, -0.2) is 6.61 Å². The average molecular weight is 206 g/mol. The Morgan fingerprint density at radius 3 is 2.60 bits per heavy atom. The Morgan fingerprint density at radius 2 is 1.93 bits per heavy atom. The molecule has 1 aromatic rings. The lowest BCUT2D eigenvalue weighted by Gasteiger charge is -2.17. The number of rotatable bonds is 1. The van der Waals surface area contributed by atoms with Gasteiger partial charge in [-0.05, 0) is 36.5 Å². The van der Waals surface area contributed by atoms with E-state index in [4.69, 9.17) is 4.74 Å². The monoisotopic (exact) mass is 206 g/mol. The number of hydrogen-bond donors (Lipinski definition) is 0. The van der Waals surface area contributed by atoms with Crippen LogP contribution in [0, 0.1) is 0 Å². The van der Waals surface area contributed by atoms with Crippen LogP contribution in [0.5, 0.6) is 5.75 Å². The first-order chi connectivity index (χ1) is 7.31. The molecule has 0 saturated heterocycles. The normalized spacial score (nSPS) is 13.3. The number of ether oxygens (including phenoxy) is 1. The van der Waals surface area contributed by atoms with Crippen LogP contribution in [0.1, 0.15) is 44.7 Å². The molecule has 0 radical (unpaired) electrons. The third-order valence-corrected chi connectivity index (χ3v) is 2.39. The van der Waals surface area contributed by atoms with Crippen molar-refractivity contribution >= 4 is 0 Å². The van der Waals surface area contributed by atoms with E-state index in [0.717, 1.165) is 18.8 Å². The van der Waals surface area contributed by atoms with Gasteiger partial charge in [-0.25, -0.2) is 0 Å². The Bertz CT molecular complexity index is 291. The van der Waals surface area contributed by atoms with Gasteiger partial charge in [-0.3, -0.25) is 0 Å². The molecule has 1 aliphatic heterocycles. The molecular weight excluding hydrogens is 184 g/mol. The standard InChI is InChI=1S/C11H14O.C3H8/c1-2-9-5-6-10-4-3-7-12-11(10)8-9;1-3-2/h5-6,8H,2-4,7H2,1H3;3H2,1-2H3. The summed E-state index contributed by atoms with van der Waals surface area (Å²) in [5.41, 5.74) is 2.74. The van der Waals surface area contributed by atoms with E-state index in [1.54, 1.807) is 0 Å². The quantitative estimate of drug-likeness (QED) is 0.675. The van der Waals surface area contributed by atoms with E-state index in [0.29, 0.717) is 0 Å². The van der Waals surface area contributed by atoms with Gasteiger partial charge in [-0.1, -0.05) is 39.3 Å². The fraction of sp³-hybridized carbons (Fsp3) is 0.571. The summed E-state index contributed by atoms with van der Waals surface area (Å²) < 4.78 is 5.57. The Balaban J connectivity index is 0.000000337. The summed E-state index contributed by atoms with van der Waals surface area (Å²) >= 11 is 0. The summed E-state index contributed by atoms with van der Waals surface area (Å²) in [6.07, 6.45) is 4.69. The molecule has 0 saturated carbocycles. The second-order valence-electron chi connectivity index (χ2n) is 3.95. The zero-order valence-electron chi connectivity index (χ0n) is 10.2. The number of aryl methyl sites for hydroxylation is 2. The van der Waals surface area contributed by atoms with Crippen LogP contribution in [0.4, 0.5) is 0 Å². The van der Waals surface area contributed by atoms with Crippen LogP contribution in [-0.2, 0) is 12.8 Å². The fourth-order valence-electron chi connectivity index (χ4n) is 1.60. The average Bonchev–Trinajstić information content (AvgIpc) is 2.29. The van der Waals surface area contributed by atoms with Crippen molar-refractivity contribution in [2.45, 2.75) is 46.5 Å². The van der Waals surface area contributed by atoms with Gasteiger partial charge >= 0.3 is 0 Å². The Hall–Kier alpha value is -0.980. The summed E-state index contributed by atoms with van der Waals surface area (Å²) in [7, 11) is 0. The summed E-state index contributed by atoms with van der Waals surface area (Å²) in [4.78, 5) is 0. The maximum atomic E-state index is 5.57. The second-order valence-corrected chi connectivity index (χ2v) is 3.95. The highest BCUT2D eigenvalue weighted by molar-refractivity contribution is 5.38. The molecule has 2 rings (SSSR count). The molecule has 1 heteroatoms. The predicted molar refractivity (Wildman–Crippen MR) is 65.6 cm³/mol. The van der Waals surface area contributed by atoms with Gasteiger partial charge in [0.15, 0.2) is 0 Å². The van der Waals surface area contributed by atoms with E-state index in [1.165, 1.54) is 30.4 Å². The van der Waals surface area contributed by atoms with Crippen molar-refractivity contribution in [2.75, 3.05) is 6.61 Å². The van der Waals surface area contributed by atoms with Crippen LogP contribution in [0.15, 0.2) is 18.2 Å². The molecule has 84 valence electrons. The lowest BCUT2D eigenvalue weighted by atomic mass is 10.0. The van der Waals surface area contributed by atoms with Crippen molar-refractivity contribution in [1.29, 1.82) is 0 Å². The van der Waals surface area contributed by atoms with Gasteiger partial charge < -0.3 is 4.74 Å². The summed E-state index contributed by atoms with van der Waals surface area (Å²) in [6.45, 7) is 7.31. The molecule has 0 amide bonds. The Morgan fingerprint density at radius 1 is 1.20 bits per heavy atom. The number of benzene rings is 1. The van der Waals surface area contributed by atoms with Crippen molar-refractivity contribution in [3.05, 3.63) is 29.3 Å². The van der Waals surface area contributed by atoms with Gasteiger partial charge in [0.25, 0.3) is 0 Å². The lowest BCUT2D eigenvalue weighted by molar-refractivity contribution is 0.288. The first kappa shape index (κ1) is 12.1. The zero-order valence-corrected chi connectivity index (χ0v) is 10.2. The van der Waals surface area contributed by atoms with E-state index < -0.39 is 0 Å². The molecule has 1 aromatic carbocycles. The van der Waals surface area contributed by atoms with Crippen molar-refractivity contribution in [3.63, 3.8) is 0 Å². The maximum absolute atomic E-state index is 5.57. The van der Waals surface area contributed by atoms with E-state index in [9.17, 15) is 0 Å². The molecular formula is C14H22O. The van der Waals surface area contributed by atoms with Crippen LogP contribution < -0.4 is 4.74 Å². The highest BCUT2D eigenvalue weighted by atomic mass is 16.5. The molecule has 0 atom stereocenters. The van der Waals surface area contributed by atoms with Gasteiger partial charge in [-0.2, -0.15) is 0 Å². The number of fused-ring (bicyclic) bond motifs is 1. The summed E-state index contributed by atoms with van der Waals surface area (Å²) in [5, 5.41) is 0. The van der Waals surface area contributed by atoms with Crippen LogP contribution in [0.2, 0.25) is 0 Å². The van der Waals surface area contributed by atoms with Gasteiger partial charge in [0.1, 0.15) is 5.75 Å². The topological polar surface area (TPSA) is 9.23 Å². The molecule has 0 aromatic heterocycles. The van der Waals surface area contributed by atoms with Crippen LogP contribution in [0.3, 0.4) is 0 Å². The van der Waals surface area contributed by atoms with Crippen LogP contribution >= 0.6 is 0 Å². The van der Waals surface area contributed by atoms with E-state index in [1.807, 2.05) is 0 Å². The number of hydrogen-bond acceptors (Lipinski definition) is 1. The third kappa shape index (κ3) is 3.58. The van der Waals surface area contributed by atoms with E-state index in [-0.39, 0.29) is 0 Å². The van der Waals surface area contributed by atoms with Gasteiger partial charge in [0, 0.05) is 0 Å². The zero-order chi connectivity index (χ0) is 11.1. The van der Waals surface area contributed by atoms with E-state index >= 15 is 0 Å². The smallest absolute Gasteiger partial charge is 0.122 e.